The molecule has 2 rings (SSSR count). The van der Waals surface area contributed by atoms with Crippen molar-refractivity contribution >= 4 is 33.5 Å². The molecular formula is C15H12BrNO3. The van der Waals surface area contributed by atoms with Gasteiger partial charge in [-0.2, -0.15) is 0 Å². The zero-order valence-corrected chi connectivity index (χ0v) is 12.3. The molecule has 102 valence electrons. The van der Waals surface area contributed by atoms with Gasteiger partial charge in [0.15, 0.2) is 0 Å². The van der Waals surface area contributed by atoms with E-state index < -0.39 is 11.9 Å². The van der Waals surface area contributed by atoms with Crippen molar-refractivity contribution in [2.75, 3.05) is 5.32 Å². The maximum atomic E-state index is 12.2. The minimum Gasteiger partial charge on any atom is -0.478 e. The minimum atomic E-state index is -1.12. The summed E-state index contributed by atoms with van der Waals surface area (Å²) in [4.78, 5) is 23.3. The van der Waals surface area contributed by atoms with Crippen LogP contribution in [0.1, 0.15) is 26.3 Å². The first-order valence-electron chi connectivity index (χ1n) is 5.89. The Hall–Kier alpha value is -2.14. The average Bonchev–Trinajstić information content (AvgIpc) is 2.42. The van der Waals surface area contributed by atoms with Crippen LogP contribution in [0.2, 0.25) is 0 Å². The van der Waals surface area contributed by atoms with E-state index in [0.29, 0.717) is 5.69 Å². The zero-order valence-electron chi connectivity index (χ0n) is 10.7. The summed E-state index contributed by atoms with van der Waals surface area (Å²) in [6.45, 7) is 1.87. The van der Waals surface area contributed by atoms with Gasteiger partial charge >= 0.3 is 5.97 Å². The molecule has 4 nitrogen and oxygen atoms in total. The van der Waals surface area contributed by atoms with E-state index in [1.807, 2.05) is 19.1 Å². The predicted molar refractivity (Wildman–Crippen MR) is 80.2 cm³/mol. The fraction of sp³-hybridized carbons (Fsp3) is 0.0667. The lowest BCUT2D eigenvalue weighted by Gasteiger charge is -2.10. The Morgan fingerprint density at radius 2 is 1.75 bits per heavy atom. The number of anilines is 1. The van der Waals surface area contributed by atoms with Crippen molar-refractivity contribution in [3.05, 3.63) is 63.6 Å². The van der Waals surface area contributed by atoms with Crippen LogP contribution in [0.15, 0.2) is 46.9 Å². The predicted octanol–water partition coefficient (Wildman–Crippen LogP) is 3.71. The largest absolute Gasteiger partial charge is 0.478 e. The van der Waals surface area contributed by atoms with Gasteiger partial charge in [0, 0.05) is 10.2 Å². The molecule has 0 unspecified atom stereocenters. The SMILES string of the molecule is Cc1ccc(Br)cc1NC(=O)c1ccccc1C(=O)O. The minimum absolute atomic E-state index is 0.0161. The monoisotopic (exact) mass is 333 g/mol. The first-order chi connectivity index (χ1) is 9.49. The van der Waals surface area contributed by atoms with Crippen molar-refractivity contribution < 1.29 is 14.7 Å². The maximum Gasteiger partial charge on any atom is 0.336 e. The Morgan fingerprint density at radius 3 is 2.40 bits per heavy atom. The van der Waals surface area contributed by atoms with Gasteiger partial charge in [0.1, 0.15) is 0 Å². The molecule has 2 aromatic rings. The van der Waals surface area contributed by atoms with Gasteiger partial charge in [0.05, 0.1) is 11.1 Å². The van der Waals surface area contributed by atoms with Gasteiger partial charge in [0.2, 0.25) is 0 Å². The molecule has 0 aliphatic carbocycles. The lowest BCUT2D eigenvalue weighted by atomic mass is 10.1. The van der Waals surface area contributed by atoms with Crippen LogP contribution in [0.4, 0.5) is 5.69 Å². The van der Waals surface area contributed by atoms with E-state index in [9.17, 15) is 9.59 Å². The molecule has 0 bridgehead atoms. The van der Waals surface area contributed by atoms with E-state index in [0.717, 1.165) is 10.0 Å². The first kappa shape index (κ1) is 14.3. The topological polar surface area (TPSA) is 66.4 Å². The number of hydrogen-bond acceptors (Lipinski definition) is 2. The highest BCUT2D eigenvalue weighted by molar-refractivity contribution is 9.10. The van der Waals surface area contributed by atoms with E-state index in [-0.39, 0.29) is 11.1 Å². The van der Waals surface area contributed by atoms with Crippen LogP contribution in [-0.4, -0.2) is 17.0 Å². The number of halogens is 1. The summed E-state index contributed by atoms with van der Waals surface area (Å²) in [7, 11) is 0. The third kappa shape index (κ3) is 3.05. The van der Waals surface area contributed by atoms with Crippen LogP contribution in [0, 0.1) is 6.92 Å². The van der Waals surface area contributed by atoms with Crippen LogP contribution < -0.4 is 5.32 Å². The Morgan fingerprint density at radius 1 is 1.10 bits per heavy atom. The Labute approximate surface area is 124 Å². The van der Waals surface area contributed by atoms with E-state index in [1.165, 1.54) is 12.1 Å². The van der Waals surface area contributed by atoms with Gasteiger partial charge in [-0.05, 0) is 36.8 Å². The smallest absolute Gasteiger partial charge is 0.336 e. The van der Waals surface area contributed by atoms with E-state index in [4.69, 9.17) is 5.11 Å². The average molecular weight is 334 g/mol. The molecule has 5 heteroatoms. The molecule has 0 aliphatic heterocycles. The highest BCUT2D eigenvalue weighted by Gasteiger charge is 2.16. The van der Waals surface area contributed by atoms with E-state index >= 15 is 0 Å². The number of hydrogen-bond donors (Lipinski definition) is 2. The molecule has 0 heterocycles. The summed E-state index contributed by atoms with van der Waals surface area (Å²) in [6.07, 6.45) is 0. The molecule has 0 saturated heterocycles. The van der Waals surface area contributed by atoms with Gasteiger partial charge in [0.25, 0.3) is 5.91 Å². The summed E-state index contributed by atoms with van der Waals surface area (Å²) in [5, 5.41) is 11.8. The molecule has 2 aromatic carbocycles. The molecule has 0 aromatic heterocycles. The highest BCUT2D eigenvalue weighted by atomic mass is 79.9. The Balaban J connectivity index is 2.33. The summed E-state index contributed by atoms with van der Waals surface area (Å²) in [5.74, 6) is -1.56. The van der Waals surface area contributed by atoms with Gasteiger partial charge in [-0.15, -0.1) is 0 Å². The number of rotatable bonds is 3. The van der Waals surface area contributed by atoms with Crippen molar-refractivity contribution in [3.63, 3.8) is 0 Å². The van der Waals surface area contributed by atoms with Gasteiger partial charge in [-0.1, -0.05) is 34.1 Å². The number of carboxylic acids is 1. The van der Waals surface area contributed by atoms with Crippen LogP contribution in [0.25, 0.3) is 0 Å². The Kier molecular flexibility index (Phi) is 4.20. The lowest BCUT2D eigenvalue weighted by Crippen LogP contribution is -2.16. The molecule has 2 N–H and O–H groups in total. The number of carbonyl (C=O) groups excluding carboxylic acids is 1. The van der Waals surface area contributed by atoms with Gasteiger partial charge in [-0.3, -0.25) is 4.79 Å². The zero-order chi connectivity index (χ0) is 14.7. The second-order valence-electron chi connectivity index (χ2n) is 4.26. The van der Waals surface area contributed by atoms with Crippen LogP contribution in [0.3, 0.4) is 0 Å². The van der Waals surface area contributed by atoms with E-state index in [1.54, 1.807) is 18.2 Å². The normalized spacial score (nSPS) is 10.1. The molecular weight excluding hydrogens is 322 g/mol. The molecule has 20 heavy (non-hydrogen) atoms. The van der Waals surface area contributed by atoms with Crippen molar-refractivity contribution in [1.29, 1.82) is 0 Å². The van der Waals surface area contributed by atoms with E-state index in [2.05, 4.69) is 21.2 Å². The molecule has 0 aliphatic rings. The first-order valence-corrected chi connectivity index (χ1v) is 6.68. The summed E-state index contributed by atoms with van der Waals surface area (Å²) in [6, 6.07) is 11.6. The highest BCUT2D eigenvalue weighted by Crippen LogP contribution is 2.21. The molecule has 0 saturated carbocycles. The second-order valence-corrected chi connectivity index (χ2v) is 5.18. The number of nitrogens with one attached hydrogen (secondary N) is 1. The van der Waals surface area contributed by atoms with Crippen molar-refractivity contribution in [1.82, 2.24) is 0 Å². The molecule has 0 atom stereocenters. The second kappa shape index (κ2) is 5.88. The summed E-state index contributed by atoms with van der Waals surface area (Å²) in [5.41, 5.74) is 1.66. The third-order valence-electron chi connectivity index (χ3n) is 2.85. The third-order valence-corrected chi connectivity index (χ3v) is 3.34. The fourth-order valence-corrected chi connectivity index (χ4v) is 2.15. The lowest BCUT2D eigenvalue weighted by molar-refractivity contribution is 0.0692. The van der Waals surface area contributed by atoms with Crippen LogP contribution in [0.5, 0.6) is 0 Å². The number of aromatic carboxylic acids is 1. The standard InChI is InChI=1S/C15H12BrNO3/c1-9-6-7-10(16)8-13(9)17-14(18)11-4-2-3-5-12(11)15(19)20/h2-8H,1H3,(H,17,18)(H,19,20). The summed E-state index contributed by atoms with van der Waals surface area (Å²) >= 11 is 3.33. The van der Waals surface area contributed by atoms with Crippen molar-refractivity contribution in [2.45, 2.75) is 6.92 Å². The number of aryl methyl sites for hydroxylation is 1. The maximum absolute atomic E-state index is 12.2. The van der Waals surface area contributed by atoms with Gasteiger partial charge in [-0.25, -0.2) is 4.79 Å². The quantitative estimate of drug-likeness (QED) is 0.899. The van der Waals surface area contributed by atoms with Crippen molar-refractivity contribution in [2.24, 2.45) is 0 Å². The molecule has 0 fully saturated rings. The van der Waals surface area contributed by atoms with Gasteiger partial charge < -0.3 is 10.4 Å². The van der Waals surface area contributed by atoms with Crippen LogP contribution >= 0.6 is 15.9 Å². The number of amides is 1. The molecule has 0 spiro atoms. The number of carbonyl (C=O) groups is 2. The molecule has 0 radical (unpaired) electrons. The van der Waals surface area contributed by atoms with Crippen molar-refractivity contribution in [3.8, 4) is 0 Å². The fourth-order valence-electron chi connectivity index (χ4n) is 1.79. The number of benzene rings is 2. The summed E-state index contributed by atoms with van der Waals surface area (Å²) < 4.78 is 0.838. The molecule has 1 amide bonds. The number of carboxylic acid groups (broad SMARTS) is 1. The van der Waals surface area contributed by atoms with Crippen LogP contribution in [-0.2, 0) is 0 Å². The Bertz CT molecular complexity index is 683.